The van der Waals surface area contributed by atoms with Gasteiger partial charge in [0, 0.05) is 23.9 Å². The summed E-state index contributed by atoms with van der Waals surface area (Å²) in [6.45, 7) is 5.68. The fourth-order valence-corrected chi connectivity index (χ4v) is 4.20. The van der Waals surface area contributed by atoms with Crippen molar-refractivity contribution in [1.82, 2.24) is 10.1 Å². The van der Waals surface area contributed by atoms with Gasteiger partial charge in [-0.15, -0.1) is 0 Å². The van der Waals surface area contributed by atoms with Gasteiger partial charge >= 0.3 is 0 Å². The van der Waals surface area contributed by atoms with Crippen LogP contribution in [-0.4, -0.2) is 38.5 Å². The fraction of sp³-hybridized carbons (Fsp3) is 0.273. The third kappa shape index (κ3) is 4.88. The smallest absolute Gasteiger partial charge is 0.261 e. The van der Waals surface area contributed by atoms with Crippen LogP contribution in [0.15, 0.2) is 51.9 Å². The lowest BCUT2D eigenvalue weighted by Crippen LogP contribution is -2.27. The minimum atomic E-state index is -3.88. The van der Waals surface area contributed by atoms with Crippen molar-refractivity contribution in [2.45, 2.75) is 32.2 Å². The second-order valence-electron chi connectivity index (χ2n) is 7.27. The van der Waals surface area contributed by atoms with E-state index < -0.39 is 10.0 Å². The third-order valence-electron chi connectivity index (χ3n) is 5.02. The van der Waals surface area contributed by atoms with Crippen LogP contribution in [0, 0.1) is 20.8 Å². The Balaban J connectivity index is 1.85. The van der Waals surface area contributed by atoms with Gasteiger partial charge in [-0.3, -0.25) is 9.52 Å². The lowest BCUT2D eigenvalue weighted by Gasteiger charge is -2.19. The monoisotopic (exact) mass is 443 g/mol. The van der Waals surface area contributed by atoms with Crippen LogP contribution in [0.4, 0.5) is 5.69 Å². The van der Waals surface area contributed by atoms with Gasteiger partial charge in [0.25, 0.3) is 15.9 Å². The molecule has 0 spiro atoms. The maximum Gasteiger partial charge on any atom is 0.261 e. The van der Waals surface area contributed by atoms with E-state index in [0.717, 1.165) is 5.56 Å². The Morgan fingerprint density at radius 3 is 2.39 bits per heavy atom. The normalized spacial score (nSPS) is 11.3. The zero-order valence-electron chi connectivity index (χ0n) is 18.1. The van der Waals surface area contributed by atoms with Crippen molar-refractivity contribution < 1.29 is 22.5 Å². The van der Waals surface area contributed by atoms with E-state index in [2.05, 4.69) is 9.88 Å². The van der Waals surface area contributed by atoms with Crippen LogP contribution in [0.25, 0.3) is 0 Å². The summed E-state index contributed by atoms with van der Waals surface area (Å²) in [7, 11) is -0.690. The molecule has 0 bridgehead atoms. The van der Waals surface area contributed by atoms with Crippen molar-refractivity contribution in [1.29, 1.82) is 0 Å². The second-order valence-corrected chi connectivity index (χ2v) is 8.96. The Morgan fingerprint density at radius 2 is 1.81 bits per heavy atom. The highest BCUT2D eigenvalue weighted by Crippen LogP contribution is 2.23. The summed E-state index contributed by atoms with van der Waals surface area (Å²) in [5.41, 5.74) is 2.93. The molecule has 0 aliphatic rings. The van der Waals surface area contributed by atoms with Gasteiger partial charge in [-0.1, -0.05) is 11.2 Å². The summed E-state index contributed by atoms with van der Waals surface area (Å²) in [5, 5.41) is 3.91. The summed E-state index contributed by atoms with van der Waals surface area (Å²) in [5.74, 6) is 0.973. The number of nitrogens with one attached hydrogen (secondary N) is 1. The van der Waals surface area contributed by atoms with E-state index in [4.69, 9.17) is 9.26 Å². The van der Waals surface area contributed by atoms with E-state index in [1.807, 2.05) is 6.92 Å². The number of amides is 1. The van der Waals surface area contributed by atoms with Crippen molar-refractivity contribution >= 4 is 21.6 Å². The topological polar surface area (TPSA) is 102 Å². The molecule has 1 aromatic heterocycles. The summed E-state index contributed by atoms with van der Waals surface area (Å²) >= 11 is 0. The first kappa shape index (κ1) is 22.4. The van der Waals surface area contributed by atoms with E-state index in [9.17, 15) is 13.2 Å². The first-order valence-corrected chi connectivity index (χ1v) is 11.1. The Bertz CT molecular complexity index is 1180. The van der Waals surface area contributed by atoms with Gasteiger partial charge in [-0.2, -0.15) is 0 Å². The molecule has 164 valence electrons. The SMILES string of the molecule is COc1ccc(NS(=O)(=O)c2ccc(C)c(C(=O)N(C)Cc3c(C)noc3C)c2)cc1. The molecule has 0 aliphatic heterocycles. The maximum absolute atomic E-state index is 13.1. The highest BCUT2D eigenvalue weighted by Gasteiger charge is 2.22. The number of carbonyl (C=O) groups excluding carboxylic acids is 1. The minimum Gasteiger partial charge on any atom is -0.497 e. The molecule has 0 radical (unpaired) electrons. The number of nitrogens with zero attached hydrogens (tertiary/aromatic N) is 2. The summed E-state index contributed by atoms with van der Waals surface area (Å²) in [6.07, 6.45) is 0. The zero-order chi connectivity index (χ0) is 22.8. The Morgan fingerprint density at radius 1 is 1.13 bits per heavy atom. The third-order valence-corrected chi connectivity index (χ3v) is 6.39. The predicted octanol–water partition coefficient (Wildman–Crippen LogP) is 3.68. The Hall–Kier alpha value is -3.33. The minimum absolute atomic E-state index is 0.00278. The highest BCUT2D eigenvalue weighted by atomic mass is 32.2. The van der Waals surface area contributed by atoms with Gasteiger partial charge in [0.05, 0.1) is 24.2 Å². The van der Waals surface area contributed by atoms with Gasteiger partial charge in [-0.25, -0.2) is 8.42 Å². The molecule has 1 heterocycles. The Kier molecular flexibility index (Phi) is 6.35. The number of aromatic nitrogens is 1. The van der Waals surface area contributed by atoms with E-state index in [1.165, 1.54) is 24.1 Å². The molecule has 0 fully saturated rings. The molecule has 0 atom stereocenters. The molecule has 0 saturated heterocycles. The predicted molar refractivity (Wildman–Crippen MR) is 117 cm³/mol. The molecule has 3 rings (SSSR count). The quantitative estimate of drug-likeness (QED) is 0.598. The number of ether oxygens (including phenoxy) is 1. The fourth-order valence-electron chi connectivity index (χ4n) is 3.11. The van der Waals surface area contributed by atoms with Crippen LogP contribution in [0.5, 0.6) is 5.75 Å². The lowest BCUT2D eigenvalue weighted by atomic mass is 10.1. The van der Waals surface area contributed by atoms with Gasteiger partial charge in [-0.05, 0) is 62.7 Å². The summed E-state index contributed by atoms with van der Waals surface area (Å²) in [6, 6.07) is 11.0. The van der Waals surface area contributed by atoms with E-state index in [0.29, 0.717) is 40.6 Å². The molecule has 31 heavy (non-hydrogen) atoms. The van der Waals surface area contributed by atoms with Crippen LogP contribution in [0.1, 0.15) is 32.9 Å². The van der Waals surface area contributed by atoms with Crippen molar-refractivity contribution in [3.05, 3.63) is 70.6 Å². The van der Waals surface area contributed by atoms with Crippen molar-refractivity contribution in [2.75, 3.05) is 18.9 Å². The number of hydrogen-bond acceptors (Lipinski definition) is 6. The van der Waals surface area contributed by atoms with Crippen molar-refractivity contribution in [3.8, 4) is 5.75 Å². The summed E-state index contributed by atoms with van der Waals surface area (Å²) in [4.78, 5) is 14.6. The lowest BCUT2D eigenvalue weighted by molar-refractivity contribution is 0.0783. The molecule has 3 aromatic rings. The van der Waals surface area contributed by atoms with Crippen LogP contribution >= 0.6 is 0 Å². The van der Waals surface area contributed by atoms with E-state index >= 15 is 0 Å². The van der Waals surface area contributed by atoms with Gasteiger partial charge in [0.1, 0.15) is 11.5 Å². The van der Waals surface area contributed by atoms with Crippen LogP contribution in [-0.2, 0) is 16.6 Å². The van der Waals surface area contributed by atoms with E-state index in [1.54, 1.807) is 51.2 Å². The number of carbonyl (C=O) groups is 1. The number of methoxy groups -OCH3 is 1. The van der Waals surface area contributed by atoms with Crippen LogP contribution < -0.4 is 9.46 Å². The molecular formula is C22H25N3O5S. The molecule has 0 saturated carbocycles. The van der Waals surface area contributed by atoms with E-state index in [-0.39, 0.29) is 10.8 Å². The standard InChI is InChI=1S/C22H25N3O5S/c1-14-6-11-19(31(27,28)24-17-7-9-18(29-5)10-8-17)12-20(14)22(26)25(4)13-21-15(2)23-30-16(21)3/h6-12,24H,13H2,1-5H3. The van der Waals surface area contributed by atoms with Crippen LogP contribution in [0.3, 0.4) is 0 Å². The second kappa shape index (κ2) is 8.81. The molecule has 0 unspecified atom stereocenters. The molecule has 9 heteroatoms. The first-order valence-electron chi connectivity index (χ1n) is 9.57. The number of hydrogen-bond donors (Lipinski definition) is 1. The Labute approximate surface area is 181 Å². The molecule has 2 aromatic carbocycles. The number of sulfonamides is 1. The average Bonchev–Trinajstić information content (AvgIpc) is 3.05. The number of benzene rings is 2. The highest BCUT2D eigenvalue weighted by molar-refractivity contribution is 7.92. The molecule has 1 N–H and O–H groups in total. The number of aryl methyl sites for hydroxylation is 3. The largest absolute Gasteiger partial charge is 0.497 e. The molecule has 0 aliphatic carbocycles. The molecule has 1 amide bonds. The van der Waals surface area contributed by atoms with Crippen molar-refractivity contribution in [3.63, 3.8) is 0 Å². The number of rotatable bonds is 7. The van der Waals surface area contributed by atoms with Crippen molar-refractivity contribution in [2.24, 2.45) is 0 Å². The number of anilines is 1. The first-order chi connectivity index (χ1) is 14.6. The maximum atomic E-state index is 13.1. The van der Waals surface area contributed by atoms with Gasteiger partial charge < -0.3 is 14.2 Å². The summed E-state index contributed by atoms with van der Waals surface area (Å²) < 4.78 is 38.5. The average molecular weight is 444 g/mol. The molecule has 8 nitrogen and oxygen atoms in total. The molecular weight excluding hydrogens is 418 g/mol. The van der Waals surface area contributed by atoms with Gasteiger partial charge in [0.15, 0.2) is 0 Å². The van der Waals surface area contributed by atoms with Crippen LogP contribution in [0.2, 0.25) is 0 Å². The zero-order valence-corrected chi connectivity index (χ0v) is 18.9. The van der Waals surface area contributed by atoms with Gasteiger partial charge in [0.2, 0.25) is 0 Å².